The maximum Gasteiger partial charge on any atom is 0.219 e. The fraction of sp³-hybridized carbons (Fsp3) is 0.529. The Morgan fingerprint density at radius 3 is 2.43 bits per heavy atom. The third kappa shape index (κ3) is 3.42. The molecular formula is C17H22N4OS. The van der Waals surface area contributed by atoms with E-state index in [0.29, 0.717) is 5.92 Å². The van der Waals surface area contributed by atoms with Crippen LogP contribution in [0, 0.1) is 20.8 Å². The van der Waals surface area contributed by atoms with Crippen LogP contribution in [-0.4, -0.2) is 38.8 Å². The van der Waals surface area contributed by atoms with E-state index in [-0.39, 0.29) is 5.91 Å². The summed E-state index contributed by atoms with van der Waals surface area (Å²) < 4.78 is 0. The molecule has 0 aliphatic carbocycles. The summed E-state index contributed by atoms with van der Waals surface area (Å²) >= 11 is 1.68. The van der Waals surface area contributed by atoms with Gasteiger partial charge in [0.1, 0.15) is 16.5 Å². The van der Waals surface area contributed by atoms with Crippen molar-refractivity contribution in [1.82, 2.24) is 19.9 Å². The van der Waals surface area contributed by atoms with Gasteiger partial charge in [0.2, 0.25) is 5.91 Å². The Morgan fingerprint density at radius 1 is 1.17 bits per heavy atom. The van der Waals surface area contributed by atoms with Gasteiger partial charge in [0.05, 0.1) is 5.69 Å². The highest BCUT2D eigenvalue weighted by Crippen LogP contribution is 2.31. The van der Waals surface area contributed by atoms with Gasteiger partial charge < -0.3 is 4.90 Å². The molecule has 3 heterocycles. The van der Waals surface area contributed by atoms with Gasteiger partial charge in [-0.1, -0.05) is 0 Å². The molecule has 0 N–H and O–H groups in total. The van der Waals surface area contributed by atoms with Gasteiger partial charge in [0, 0.05) is 36.5 Å². The van der Waals surface area contributed by atoms with Gasteiger partial charge in [0.25, 0.3) is 0 Å². The van der Waals surface area contributed by atoms with Crippen LogP contribution < -0.4 is 0 Å². The first kappa shape index (κ1) is 16.1. The zero-order valence-corrected chi connectivity index (χ0v) is 14.9. The van der Waals surface area contributed by atoms with E-state index < -0.39 is 0 Å². The highest BCUT2D eigenvalue weighted by Gasteiger charge is 2.24. The average molecular weight is 330 g/mol. The minimum atomic E-state index is 0.164. The number of aryl methyl sites for hydroxylation is 3. The van der Waals surface area contributed by atoms with Crippen molar-refractivity contribution in [2.45, 2.75) is 46.5 Å². The van der Waals surface area contributed by atoms with Crippen molar-refractivity contribution in [1.29, 1.82) is 0 Å². The lowest BCUT2D eigenvalue weighted by molar-refractivity contribution is -0.129. The molecule has 0 aromatic carbocycles. The standard InChI is InChI=1S/C17H22N4OS/c1-10-11(2)23-17(18-10)16-9-15(19-12(3)20-16)14-5-7-21(8-6-14)13(4)22/h9,14H,5-8H2,1-4H3. The quantitative estimate of drug-likeness (QED) is 0.848. The second-order valence-electron chi connectivity index (χ2n) is 6.17. The Kier molecular flexibility index (Phi) is 4.43. The van der Waals surface area contributed by atoms with E-state index in [4.69, 9.17) is 0 Å². The number of likely N-dealkylation sites (tertiary alicyclic amines) is 1. The highest BCUT2D eigenvalue weighted by atomic mass is 32.1. The van der Waals surface area contributed by atoms with E-state index >= 15 is 0 Å². The van der Waals surface area contributed by atoms with Crippen molar-refractivity contribution in [3.05, 3.63) is 28.2 Å². The van der Waals surface area contributed by atoms with Gasteiger partial charge in [-0.2, -0.15) is 0 Å². The Balaban J connectivity index is 1.85. The molecule has 2 aromatic rings. The molecule has 0 radical (unpaired) electrons. The minimum absolute atomic E-state index is 0.164. The Bertz CT molecular complexity index is 713. The lowest BCUT2D eigenvalue weighted by Gasteiger charge is -2.31. The molecule has 0 bridgehead atoms. The van der Waals surface area contributed by atoms with Gasteiger partial charge in [-0.3, -0.25) is 4.79 Å². The second kappa shape index (κ2) is 6.35. The molecule has 1 amide bonds. The zero-order chi connectivity index (χ0) is 16.6. The third-order valence-electron chi connectivity index (χ3n) is 4.46. The maximum atomic E-state index is 11.5. The summed E-state index contributed by atoms with van der Waals surface area (Å²) in [5.74, 6) is 1.35. The largest absolute Gasteiger partial charge is 0.343 e. The smallest absolute Gasteiger partial charge is 0.219 e. The van der Waals surface area contributed by atoms with Gasteiger partial charge >= 0.3 is 0 Å². The number of piperidine rings is 1. The Hall–Kier alpha value is -1.82. The molecule has 0 spiro atoms. The molecule has 0 saturated carbocycles. The second-order valence-corrected chi connectivity index (χ2v) is 7.37. The van der Waals surface area contributed by atoms with Crippen LogP contribution in [0.15, 0.2) is 6.07 Å². The van der Waals surface area contributed by atoms with E-state index in [1.54, 1.807) is 18.3 Å². The molecule has 3 rings (SSSR count). The van der Waals surface area contributed by atoms with E-state index in [9.17, 15) is 4.79 Å². The van der Waals surface area contributed by atoms with Crippen LogP contribution in [0.5, 0.6) is 0 Å². The first-order chi connectivity index (χ1) is 10.9. The van der Waals surface area contributed by atoms with Crippen LogP contribution in [0.2, 0.25) is 0 Å². The molecule has 1 saturated heterocycles. The summed E-state index contributed by atoms with van der Waals surface area (Å²) in [6.45, 7) is 9.32. The molecule has 1 aliphatic rings. The fourth-order valence-corrected chi connectivity index (χ4v) is 3.86. The third-order valence-corrected chi connectivity index (χ3v) is 5.56. The Morgan fingerprint density at radius 2 is 1.87 bits per heavy atom. The van der Waals surface area contributed by atoms with Crippen LogP contribution in [0.25, 0.3) is 10.7 Å². The molecule has 0 unspecified atom stereocenters. The summed E-state index contributed by atoms with van der Waals surface area (Å²) in [7, 11) is 0. The van der Waals surface area contributed by atoms with Gasteiger partial charge in [0.15, 0.2) is 0 Å². The van der Waals surface area contributed by atoms with Crippen LogP contribution >= 0.6 is 11.3 Å². The Labute approximate surface area is 140 Å². The SMILES string of the molecule is CC(=O)N1CCC(c2cc(-c3nc(C)c(C)s3)nc(C)n2)CC1. The number of amides is 1. The number of carbonyl (C=O) groups is 1. The van der Waals surface area contributed by atoms with Crippen LogP contribution in [0.4, 0.5) is 0 Å². The first-order valence-electron chi connectivity index (χ1n) is 7.99. The molecule has 23 heavy (non-hydrogen) atoms. The molecule has 1 aliphatic heterocycles. The number of hydrogen-bond acceptors (Lipinski definition) is 5. The molecular weight excluding hydrogens is 308 g/mol. The molecule has 5 nitrogen and oxygen atoms in total. The molecule has 6 heteroatoms. The number of rotatable bonds is 2. The predicted octanol–water partition coefficient (Wildman–Crippen LogP) is 3.25. The minimum Gasteiger partial charge on any atom is -0.343 e. The topological polar surface area (TPSA) is 59.0 Å². The summed E-state index contributed by atoms with van der Waals surface area (Å²) in [5, 5.41) is 0.966. The molecule has 122 valence electrons. The summed E-state index contributed by atoms with van der Waals surface area (Å²) in [5.41, 5.74) is 3.07. The van der Waals surface area contributed by atoms with Crippen molar-refractivity contribution in [2.24, 2.45) is 0 Å². The lowest BCUT2D eigenvalue weighted by atomic mass is 9.93. The maximum absolute atomic E-state index is 11.5. The zero-order valence-electron chi connectivity index (χ0n) is 14.1. The number of aromatic nitrogens is 3. The fourth-order valence-electron chi connectivity index (χ4n) is 2.98. The van der Waals surface area contributed by atoms with Crippen molar-refractivity contribution in [3.8, 4) is 10.7 Å². The summed E-state index contributed by atoms with van der Waals surface area (Å²) in [6, 6.07) is 2.08. The van der Waals surface area contributed by atoms with Crippen molar-refractivity contribution >= 4 is 17.2 Å². The monoisotopic (exact) mass is 330 g/mol. The van der Waals surface area contributed by atoms with E-state index in [2.05, 4.69) is 27.9 Å². The van der Waals surface area contributed by atoms with Gasteiger partial charge in [-0.05, 0) is 39.7 Å². The lowest BCUT2D eigenvalue weighted by Crippen LogP contribution is -2.36. The van der Waals surface area contributed by atoms with E-state index in [0.717, 1.165) is 53.8 Å². The summed E-state index contributed by atoms with van der Waals surface area (Å²) in [6.07, 6.45) is 1.93. The van der Waals surface area contributed by atoms with Gasteiger partial charge in [-0.15, -0.1) is 11.3 Å². The van der Waals surface area contributed by atoms with Crippen LogP contribution in [-0.2, 0) is 4.79 Å². The van der Waals surface area contributed by atoms with Crippen molar-refractivity contribution in [3.63, 3.8) is 0 Å². The number of hydrogen-bond donors (Lipinski definition) is 0. The van der Waals surface area contributed by atoms with Crippen molar-refractivity contribution in [2.75, 3.05) is 13.1 Å². The molecule has 1 fully saturated rings. The highest BCUT2D eigenvalue weighted by molar-refractivity contribution is 7.15. The van der Waals surface area contributed by atoms with E-state index in [1.807, 2.05) is 18.7 Å². The number of nitrogens with zero attached hydrogens (tertiary/aromatic N) is 4. The first-order valence-corrected chi connectivity index (χ1v) is 8.81. The van der Waals surface area contributed by atoms with Crippen LogP contribution in [0.3, 0.4) is 0 Å². The molecule has 2 aromatic heterocycles. The normalized spacial score (nSPS) is 15.9. The number of carbonyl (C=O) groups excluding carboxylic acids is 1. The van der Waals surface area contributed by atoms with Crippen LogP contribution in [0.1, 0.15) is 47.8 Å². The summed E-state index contributed by atoms with van der Waals surface area (Å²) in [4.78, 5) is 28.4. The van der Waals surface area contributed by atoms with Gasteiger partial charge in [-0.25, -0.2) is 15.0 Å². The van der Waals surface area contributed by atoms with Crippen molar-refractivity contribution < 1.29 is 4.79 Å². The molecule has 0 atom stereocenters. The predicted molar refractivity (Wildman–Crippen MR) is 91.6 cm³/mol. The van der Waals surface area contributed by atoms with E-state index in [1.165, 1.54) is 4.88 Å². The average Bonchev–Trinajstić information content (AvgIpc) is 2.86. The number of thiazole rings is 1.